The molecule has 0 aliphatic carbocycles. The third-order valence-corrected chi connectivity index (χ3v) is 6.21. The van der Waals surface area contributed by atoms with Gasteiger partial charge in [0.15, 0.2) is 0 Å². The molecule has 0 aromatic heterocycles. The Morgan fingerprint density at radius 1 is 0.853 bits per heavy atom. The second-order valence-electron chi connectivity index (χ2n) is 9.17. The lowest BCUT2D eigenvalue weighted by Crippen LogP contribution is -2.34. The molecule has 3 aromatic carbocycles. The maximum absolute atomic E-state index is 13.7. The van der Waals surface area contributed by atoms with Crippen molar-refractivity contribution >= 4 is 23.1 Å². The lowest BCUT2D eigenvalue weighted by Gasteiger charge is -2.22. The summed E-state index contributed by atoms with van der Waals surface area (Å²) >= 11 is 0. The molecule has 2 amide bonds. The summed E-state index contributed by atoms with van der Waals surface area (Å²) in [5.74, 6) is 0.665. The number of nitrogens with zero attached hydrogens (tertiary/aromatic N) is 2. The molecule has 5 heteroatoms. The van der Waals surface area contributed by atoms with Crippen LogP contribution in [-0.2, 0) is 22.6 Å². The van der Waals surface area contributed by atoms with Gasteiger partial charge >= 0.3 is 0 Å². The van der Waals surface area contributed by atoms with E-state index in [1.165, 1.54) is 10.5 Å². The first-order chi connectivity index (χ1) is 16.5. The Kier molecular flexibility index (Phi) is 5.93. The minimum Gasteiger partial charge on any atom is -0.493 e. The van der Waals surface area contributed by atoms with Crippen molar-refractivity contribution in [2.45, 2.75) is 26.8 Å². The first-order valence-corrected chi connectivity index (χ1v) is 11.8. The number of hydrogen-bond donors (Lipinski definition) is 0. The molecule has 0 radical (unpaired) electrons. The van der Waals surface area contributed by atoms with Crippen molar-refractivity contribution < 1.29 is 14.3 Å². The lowest BCUT2D eigenvalue weighted by molar-refractivity contribution is -0.137. The van der Waals surface area contributed by atoms with Crippen LogP contribution in [0.4, 0.5) is 5.69 Å². The monoisotopic (exact) mass is 452 g/mol. The van der Waals surface area contributed by atoms with Crippen LogP contribution >= 0.6 is 0 Å². The van der Waals surface area contributed by atoms with Crippen LogP contribution in [0.5, 0.6) is 5.75 Å². The van der Waals surface area contributed by atoms with E-state index in [4.69, 9.17) is 4.74 Å². The molecule has 3 aromatic rings. The van der Waals surface area contributed by atoms with Gasteiger partial charge < -0.3 is 9.64 Å². The number of carbonyl (C=O) groups excluding carboxylic acids is 2. The average molecular weight is 453 g/mol. The zero-order chi connectivity index (χ0) is 23.7. The molecule has 0 atom stereocenters. The number of ether oxygens (including phenoxy) is 1. The van der Waals surface area contributed by atoms with E-state index in [1.807, 2.05) is 77.7 Å². The zero-order valence-electron chi connectivity index (χ0n) is 19.5. The molecular formula is C29H28N2O3. The van der Waals surface area contributed by atoms with Crippen molar-refractivity contribution in [3.05, 3.63) is 101 Å². The molecule has 0 spiro atoms. The normalized spacial score (nSPS) is 15.5. The smallest absolute Gasteiger partial charge is 0.278 e. The number of fused-ring (bicyclic) bond motifs is 1. The SMILES string of the molecule is CC(C)COc1ccc(C2=C(N3CCc4ccccc43)C(=O)N(Cc3ccccc3)C2=O)cc1. The molecule has 0 saturated heterocycles. The molecule has 172 valence electrons. The summed E-state index contributed by atoms with van der Waals surface area (Å²) in [4.78, 5) is 30.8. The Balaban J connectivity index is 1.54. The molecule has 2 aliphatic rings. The highest BCUT2D eigenvalue weighted by Gasteiger charge is 2.43. The average Bonchev–Trinajstić information content (AvgIpc) is 3.38. The van der Waals surface area contributed by atoms with Gasteiger partial charge in [-0.05, 0) is 47.2 Å². The van der Waals surface area contributed by atoms with Gasteiger partial charge in [-0.25, -0.2) is 0 Å². The summed E-state index contributed by atoms with van der Waals surface area (Å²) in [6.45, 7) is 5.75. The Bertz CT molecular complexity index is 1250. The van der Waals surface area contributed by atoms with E-state index in [-0.39, 0.29) is 18.4 Å². The molecule has 5 rings (SSSR count). The van der Waals surface area contributed by atoms with E-state index < -0.39 is 0 Å². The third-order valence-electron chi connectivity index (χ3n) is 6.21. The molecular weight excluding hydrogens is 424 g/mol. The van der Waals surface area contributed by atoms with Crippen LogP contribution in [-0.4, -0.2) is 29.9 Å². The summed E-state index contributed by atoms with van der Waals surface area (Å²) in [6.07, 6.45) is 0.842. The van der Waals surface area contributed by atoms with Gasteiger partial charge in [0, 0.05) is 12.2 Å². The van der Waals surface area contributed by atoms with Gasteiger partial charge in [-0.15, -0.1) is 0 Å². The number of hydrogen-bond acceptors (Lipinski definition) is 4. The largest absolute Gasteiger partial charge is 0.493 e. The number of amides is 2. The van der Waals surface area contributed by atoms with Crippen LogP contribution in [0.15, 0.2) is 84.6 Å². The van der Waals surface area contributed by atoms with Gasteiger partial charge in [-0.1, -0.05) is 74.5 Å². The third kappa shape index (κ3) is 4.10. The van der Waals surface area contributed by atoms with Crippen molar-refractivity contribution in [3.8, 4) is 5.75 Å². The quantitative estimate of drug-likeness (QED) is 0.470. The molecule has 0 bridgehead atoms. The van der Waals surface area contributed by atoms with Crippen molar-refractivity contribution in [1.29, 1.82) is 0 Å². The Morgan fingerprint density at radius 3 is 2.29 bits per heavy atom. The second-order valence-corrected chi connectivity index (χ2v) is 9.17. The Morgan fingerprint density at radius 2 is 1.56 bits per heavy atom. The van der Waals surface area contributed by atoms with Crippen LogP contribution in [0.1, 0.15) is 30.5 Å². The predicted octanol–water partition coefficient (Wildman–Crippen LogP) is 5.06. The van der Waals surface area contributed by atoms with Crippen LogP contribution in [0.2, 0.25) is 0 Å². The van der Waals surface area contributed by atoms with Crippen LogP contribution in [0, 0.1) is 5.92 Å². The lowest BCUT2D eigenvalue weighted by atomic mass is 10.0. The van der Waals surface area contributed by atoms with Gasteiger partial charge in [0.2, 0.25) is 0 Å². The summed E-state index contributed by atoms with van der Waals surface area (Å²) in [5, 5.41) is 0. The standard InChI is InChI=1S/C29H28N2O3/c1-20(2)19-34-24-14-12-23(13-15-24)26-27(30-17-16-22-10-6-7-11-25(22)30)29(33)31(28(26)32)18-21-8-4-3-5-9-21/h3-15,20H,16-19H2,1-2H3. The predicted molar refractivity (Wildman–Crippen MR) is 133 cm³/mol. The minimum absolute atomic E-state index is 0.247. The van der Waals surface area contributed by atoms with Gasteiger partial charge in [0.1, 0.15) is 11.4 Å². The van der Waals surface area contributed by atoms with E-state index in [2.05, 4.69) is 19.9 Å². The highest BCUT2D eigenvalue weighted by atomic mass is 16.5. The number of benzene rings is 3. The second kappa shape index (κ2) is 9.18. The van der Waals surface area contributed by atoms with Crippen LogP contribution in [0.3, 0.4) is 0 Å². The number of anilines is 1. The molecule has 0 fully saturated rings. The van der Waals surface area contributed by atoms with E-state index in [9.17, 15) is 9.59 Å². The maximum Gasteiger partial charge on any atom is 0.278 e. The van der Waals surface area contributed by atoms with E-state index in [1.54, 1.807) is 0 Å². The summed E-state index contributed by atoms with van der Waals surface area (Å²) < 4.78 is 5.82. The van der Waals surface area contributed by atoms with Crippen molar-refractivity contribution in [1.82, 2.24) is 4.90 Å². The highest BCUT2D eigenvalue weighted by molar-refractivity contribution is 6.36. The topological polar surface area (TPSA) is 49.9 Å². The van der Waals surface area contributed by atoms with E-state index in [0.717, 1.165) is 29.0 Å². The van der Waals surface area contributed by atoms with Crippen LogP contribution < -0.4 is 9.64 Å². The van der Waals surface area contributed by atoms with E-state index in [0.29, 0.717) is 30.3 Å². The molecule has 2 aliphatic heterocycles. The molecule has 0 unspecified atom stereocenters. The molecule has 5 nitrogen and oxygen atoms in total. The zero-order valence-corrected chi connectivity index (χ0v) is 19.5. The van der Waals surface area contributed by atoms with Gasteiger partial charge in [-0.3, -0.25) is 14.5 Å². The van der Waals surface area contributed by atoms with Crippen molar-refractivity contribution in [2.24, 2.45) is 5.92 Å². The van der Waals surface area contributed by atoms with Gasteiger partial charge in [-0.2, -0.15) is 0 Å². The first kappa shape index (κ1) is 22.0. The molecule has 0 saturated carbocycles. The van der Waals surface area contributed by atoms with Crippen molar-refractivity contribution in [2.75, 3.05) is 18.1 Å². The highest BCUT2D eigenvalue weighted by Crippen LogP contribution is 2.39. The van der Waals surface area contributed by atoms with Gasteiger partial charge in [0.05, 0.1) is 18.7 Å². The van der Waals surface area contributed by atoms with Crippen LogP contribution in [0.25, 0.3) is 5.57 Å². The summed E-state index contributed by atoms with van der Waals surface area (Å²) in [7, 11) is 0. The number of carbonyl (C=O) groups is 2. The number of rotatable bonds is 7. The number of imide groups is 1. The maximum atomic E-state index is 13.7. The Labute approximate surface area is 200 Å². The molecule has 0 N–H and O–H groups in total. The van der Waals surface area contributed by atoms with Crippen molar-refractivity contribution in [3.63, 3.8) is 0 Å². The van der Waals surface area contributed by atoms with E-state index >= 15 is 0 Å². The Hall–Kier alpha value is -3.86. The van der Waals surface area contributed by atoms with Gasteiger partial charge in [0.25, 0.3) is 11.8 Å². The fourth-order valence-corrected chi connectivity index (χ4v) is 4.53. The molecule has 34 heavy (non-hydrogen) atoms. The minimum atomic E-state index is -0.260. The fourth-order valence-electron chi connectivity index (χ4n) is 4.53. The first-order valence-electron chi connectivity index (χ1n) is 11.8. The fraction of sp³-hybridized carbons (Fsp3) is 0.241. The number of para-hydroxylation sites is 1. The molecule has 2 heterocycles. The summed E-state index contributed by atoms with van der Waals surface area (Å²) in [6, 6.07) is 25.2. The summed E-state index contributed by atoms with van der Waals surface area (Å²) in [5.41, 5.74) is 4.74.